The van der Waals surface area contributed by atoms with E-state index in [0.29, 0.717) is 17.2 Å². The number of hydrogen-bond donors (Lipinski definition) is 1. The summed E-state index contributed by atoms with van der Waals surface area (Å²) < 4.78 is 0. The third kappa shape index (κ3) is 3.69. The van der Waals surface area contributed by atoms with Gasteiger partial charge in [-0.05, 0) is 55.3 Å². The molecule has 1 amide bonds. The third-order valence-corrected chi connectivity index (χ3v) is 5.33. The predicted octanol–water partition coefficient (Wildman–Crippen LogP) is 4.74. The average Bonchev–Trinajstić information content (AvgIpc) is 2.27. The van der Waals surface area contributed by atoms with Crippen molar-refractivity contribution in [3.8, 4) is 0 Å². The van der Waals surface area contributed by atoms with Crippen molar-refractivity contribution in [3.05, 3.63) is 0 Å². The summed E-state index contributed by atoms with van der Waals surface area (Å²) in [6, 6.07) is 0. The fourth-order valence-electron chi connectivity index (χ4n) is 5.11. The van der Waals surface area contributed by atoms with E-state index in [-0.39, 0.29) is 16.7 Å². The van der Waals surface area contributed by atoms with Gasteiger partial charge in [0.1, 0.15) is 0 Å². The molecule has 0 aliphatic heterocycles. The standard InChI is InChI=1S/C15H26ClNO.C2H6/c1-13(2)6-11-7-14(3,12(17)18)10-15(8-11,9-13)4-5-16;1-2/h11H,4-10H2,1-3H3,(H2,17,18);1-2H3. The second kappa shape index (κ2) is 6.25. The zero-order valence-electron chi connectivity index (χ0n) is 13.9. The Morgan fingerprint density at radius 3 is 2.25 bits per heavy atom. The predicted molar refractivity (Wildman–Crippen MR) is 86.8 cm³/mol. The van der Waals surface area contributed by atoms with Crippen molar-refractivity contribution < 1.29 is 4.79 Å². The van der Waals surface area contributed by atoms with Crippen molar-refractivity contribution in [1.82, 2.24) is 0 Å². The number of alkyl halides is 1. The maximum Gasteiger partial charge on any atom is 0.223 e. The summed E-state index contributed by atoms with van der Waals surface area (Å²) in [5, 5.41) is 0. The van der Waals surface area contributed by atoms with E-state index in [0.717, 1.165) is 19.3 Å². The van der Waals surface area contributed by atoms with Crippen molar-refractivity contribution in [1.29, 1.82) is 0 Å². The zero-order chi connectivity index (χ0) is 15.6. The summed E-state index contributed by atoms with van der Waals surface area (Å²) in [6.07, 6.45) is 6.58. The van der Waals surface area contributed by atoms with E-state index in [1.165, 1.54) is 19.3 Å². The molecule has 2 bridgehead atoms. The molecule has 2 rings (SSSR count). The van der Waals surface area contributed by atoms with Crippen LogP contribution in [0, 0.1) is 22.2 Å². The molecule has 2 fully saturated rings. The Balaban J connectivity index is 0.000000956. The van der Waals surface area contributed by atoms with Crippen LogP contribution in [0.25, 0.3) is 0 Å². The average molecular weight is 302 g/mol. The molecule has 118 valence electrons. The van der Waals surface area contributed by atoms with Crippen molar-refractivity contribution in [2.45, 2.75) is 73.1 Å². The molecule has 2 aliphatic rings. The van der Waals surface area contributed by atoms with Crippen LogP contribution in [0.1, 0.15) is 73.1 Å². The number of hydrogen-bond acceptors (Lipinski definition) is 1. The van der Waals surface area contributed by atoms with Crippen LogP contribution in [0.5, 0.6) is 0 Å². The molecule has 0 radical (unpaired) electrons. The van der Waals surface area contributed by atoms with E-state index < -0.39 is 0 Å². The van der Waals surface area contributed by atoms with E-state index in [1.807, 2.05) is 13.8 Å². The first-order valence-corrected chi connectivity index (χ1v) is 8.60. The number of halogens is 1. The lowest BCUT2D eigenvalue weighted by Crippen LogP contribution is -2.51. The number of rotatable bonds is 3. The van der Waals surface area contributed by atoms with Gasteiger partial charge in [-0.25, -0.2) is 0 Å². The first kappa shape index (κ1) is 17.8. The Labute approximate surface area is 129 Å². The molecular formula is C17H32ClNO. The lowest BCUT2D eigenvalue weighted by molar-refractivity contribution is -0.138. The third-order valence-electron chi connectivity index (χ3n) is 5.14. The Morgan fingerprint density at radius 1 is 1.15 bits per heavy atom. The molecule has 3 atom stereocenters. The summed E-state index contributed by atoms with van der Waals surface area (Å²) in [7, 11) is 0. The van der Waals surface area contributed by atoms with Crippen LogP contribution in [0.4, 0.5) is 0 Å². The second-order valence-electron chi connectivity index (χ2n) is 7.86. The van der Waals surface area contributed by atoms with Gasteiger partial charge in [0, 0.05) is 11.3 Å². The Kier molecular flexibility index (Phi) is 5.57. The van der Waals surface area contributed by atoms with E-state index in [1.54, 1.807) is 0 Å². The molecule has 2 N–H and O–H groups in total. The minimum Gasteiger partial charge on any atom is -0.369 e. The topological polar surface area (TPSA) is 43.1 Å². The summed E-state index contributed by atoms with van der Waals surface area (Å²) in [4.78, 5) is 11.8. The highest BCUT2D eigenvalue weighted by molar-refractivity contribution is 6.17. The molecular weight excluding hydrogens is 270 g/mol. The smallest absolute Gasteiger partial charge is 0.223 e. The summed E-state index contributed by atoms with van der Waals surface area (Å²) >= 11 is 6.02. The molecule has 0 aromatic heterocycles. The van der Waals surface area contributed by atoms with Crippen LogP contribution in [-0.2, 0) is 4.79 Å². The van der Waals surface area contributed by atoms with Crippen LogP contribution < -0.4 is 5.73 Å². The molecule has 2 saturated carbocycles. The second-order valence-corrected chi connectivity index (χ2v) is 8.24. The van der Waals surface area contributed by atoms with Gasteiger partial charge in [0.05, 0.1) is 0 Å². The van der Waals surface area contributed by atoms with E-state index >= 15 is 0 Å². The van der Waals surface area contributed by atoms with Crippen molar-refractivity contribution in [3.63, 3.8) is 0 Å². The van der Waals surface area contributed by atoms with Gasteiger partial charge in [0.25, 0.3) is 0 Å². The van der Waals surface area contributed by atoms with Crippen LogP contribution in [0.2, 0.25) is 0 Å². The monoisotopic (exact) mass is 301 g/mol. The molecule has 0 heterocycles. The highest BCUT2D eigenvalue weighted by atomic mass is 35.5. The molecule has 0 aromatic carbocycles. The van der Waals surface area contributed by atoms with Crippen LogP contribution in [0.3, 0.4) is 0 Å². The normalized spacial score (nSPS) is 38.6. The fraction of sp³-hybridized carbons (Fsp3) is 0.941. The van der Waals surface area contributed by atoms with Gasteiger partial charge >= 0.3 is 0 Å². The lowest BCUT2D eigenvalue weighted by Gasteiger charge is -2.56. The van der Waals surface area contributed by atoms with Gasteiger partial charge in [-0.3, -0.25) is 4.79 Å². The zero-order valence-corrected chi connectivity index (χ0v) is 14.6. The molecule has 0 aromatic rings. The lowest BCUT2D eigenvalue weighted by atomic mass is 9.48. The Morgan fingerprint density at radius 2 is 1.75 bits per heavy atom. The van der Waals surface area contributed by atoms with Crippen LogP contribution in [-0.4, -0.2) is 11.8 Å². The van der Waals surface area contributed by atoms with Gasteiger partial charge in [0.15, 0.2) is 0 Å². The molecule has 3 heteroatoms. The van der Waals surface area contributed by atoms with Crippen molar-refractivity contribution in [2.75, 3.05) is 5.88 Å². The van der Waals surface area contributed by atoms with E-state index in [9.17, 15) is 4.79 Å². The van der Waals surface area contributed by atoms with Gasteiger partial charge in [0.2, 0.25) is 5.91 Å². The molecule has 0 spiro atoms. The summed E-state index contributed by atoms with van der Waals surface area (Å²) in [6.45, 7) is 10.8. The van der Waals surface area contributed by atoms with E-state index in [2.05, 4.69) is 20.8 Å². The number of amides is 1. The summed E-state index contributed by atoms with van der Waals surface area (Å²) in [5.41, 5.74) is 5.97. The SMILES string of the molecule is CC.CC1(C)CC2CC(CCCl)(C1)CC(C)(C(N)=O)C2. The van der Waals surface area contributed by atoms with Gasteiger partial charge in [-0.15, -0.1) is 11.6 Å². The van der Waals surface area contributed by atoms with Gasteiger partial charge in [-0.2, -0.15) is 0 Å². The molecule has 2 aliphatic carbocycles. The van der Waals surface area contributed by atoms with E-state index in [4.69, 9.17) is 17.3 Å². The number of primary amides is 1. The van der Waals surface area contributed by atoms with Gasteiger partial charge in [-0.1, -0.05) is 34.6 Å². The number of carbonyl (C=O) groups excluding carboxylic acids is 1. The number of nitrogens with two attached hydrogens (primary N) is 1. The Hall–Kier alpha value is -0.240. The fourth-order valence-corrected chi connectivity index (χ4v) is 5.51. The van der Waals surface area contributed by atoms with Crippen molar-refractivity contribution >= 4 is 17.5 Å². The minimum absolute atomic E-state index is 0.120. The maximum absolute atomic E-state index is 11.8. The highest BCUT2D eigenvalue weighted by Gasteiger charge is 2.53. The first-order valence-electron chi connectivity index (χ1n) is 8.06. The van der Waals surface area contributed by atoms with Gasteiger partial charge < -0.3 is 5.73 Å². The number of fused-ring (bicyclic) bond motifs is 2. The quantitative estimate of drug-likeness (QED) is 0.752. The summed E-state index contributed by atoms with van der Waals surface area (Å²) in [5.74, 6) is 1.21. The maximum atomic E-state index is 11.8. The molecule has 2 nitrogen and oxygen atoms in total. The Bertz CT molecular complexity index is 355. The van der Waals surface area contributed by atoms with Crippen molar-refractivity contribution in [2.24, 2.45) is 27.9 Å². The largest absolute Gasteiger partial charge is 0.369 e. The highest BCUT2D eigenvalue weighted by Crippen LogP contribution is 2.61. The number of carbonyl (C=O) groups is 1. The first-order chi connectivity index (χ1) is 9.20. The molecule has 0 saturated heterocycles. The van der Waals surface area contributed by atoms with Crippen LogP contribution >= 0.6 is 11.6 Å². The van der Waals surface area contributed by atoms with Crippen LogP contribution in [0.15, 0.2) is 0 Å². The molecule has 20 heavy (non-hydrogen) atoms. The molecule has 3 unspecified atom stereocenters. The minimum atomic E-state index is -0.314.